The zero-order chi connectivity index (χ0) is 21.0. The fraction of sp³-hybridized carbons (Fsp3) is 0.263. The number of nitrogens with one attached hydrogen (secondary N) is 1. The van der Waals surface area contributed by atoms with Crippen molar-refractivity contribution in [2.45, 2.75) is 13.0 Å². The number of benzene rings is 1. The monoisotopic (exact) mass is 417 g/mol. The topological polar surface area (TPSA) is 109 Å². The van der Waals surface area contributed by atoms with E-state index in [1.165, 1.54) is 14.2 Å². The molecule has 0 aliphatic carbocycles. The lowest BCUT2D eigenvalue weighted by Gasteiger charge is -2.06. The first-order valence-electron chi connectivity index (χ1n) is 8.52. The molecule has 2 heterocycles. The molecule has 0 atom stereocenters. The highest BCUT2D eigenvalue weighted by Gasteiger charge is 2.22. The molecule has 1 aromatic carbocycles. The standard InChI is InChI=1S/C19H19N3O6S/c1-26-12-4-5-14-11(8-12)6-7-22(14)10-15(23)21-19-20-13(9-16(24)27-2)17(29-19)18(25)28-3/h4-8H,9-10H2,1-3H3,(H,20,21,23). The lowest BCUT2D eigenvalue weighted by atomic mass is 10.2. The van der Waals surface area contributed by atoms with E-state index in [0.717, 1.165) is 28.0 Å². The summed E-state index contributed by atoms with van der Waals surface area (Å²) < 4.78 is 16.3. The van der Waals surface area contributed by atoms with Crippen LogP contribution >= 0.6 is 11.3 Å². The van der Waals surface area contributed by atoms with Crippen LogP contribution in [0, 0.1) is 0 Å². The third-order valence-corrected chi connectivity index (χ3v) is 5.14. The lowest BCUT2D eigenvalue weighted by Crippen LogP contribution is -2.18. The van der Waals surface area contributed by atoms with Crippen molar-refractivity contribution < 1.29 is 28.6 Å². The fourth-order valence-corrected chi connectivity index (χ4v) is 3.66. The quantitative estimate of drug-likeness (QED) is 0.587. The van der Waals surface area contributed by atoms with Crippen LogP contribution in [-0.2, 0) is 32.0 Å². The number of anilines is 1. The van der Waals surface area contributed by atoms with Gasteiger partial charge in [-0.25, -0.2) is 9.78 Å². The van der Waals surface area contributed by atoms with E-state index in [2.05, 4.69) is 15.0 Å². The molecule has 1 amide bonds. The Bertz CT molecular complexity index is 1070. The van der Waals surface area contributed by atoms with Gasteiger partial charge in [0.15, 0.2) is 5.13 Å². The number of thiazole rings is 1. The van der Waals surface area contributed by atoms with Crippen LogP contribution in [0.3, 0.4) is 0 Å². The van der Waals surface area contributed by atoms with Crippen molar-refractivity contribution in [3.8, 4) is 5.75 Å². The number of carbonyl (C=O) groups is 3. The average Bonchev–Trinajstić information content (AvgIpc) is 3.30. The first kappa shape index (κ1) is 20.3. The van der Waals surface area contributed by atoms with Crippen LogP contribution in [0.2, 0.25) is 0 Å². The van der Waals surface area contributed by atoms with E-state index >= 15 is 0 Å². The summed E-state index contributed by atoms with van der Waals surface area (Å²) >= 11 is 0.943. The van der Waals surface area contributed by atoms with Gasteiger partial charge < -0.3 is 24.1 Å². The van der Waals surface area contributed by atoms with Crippen molar-refractivity contribution in [2.24, 2.45) is 0 Å². The van der Waals surface area contributed by atoms with Gasteiger partial charge in [-0.1, -0.05) is 11.3 Å². The number of ether oxygens (including phenoxy) is 3. The van der Waals surface area contributed by atoms with Crippen molar-refractivity contribution >= 4 is 45.2 Å². The van der Waals surface area contributed by atoms with Crippen LogP contribution in [0.25, 0.3) is 10.9 Å². The van der Waals surface area contributed by atoms with Gasteiger partial charge in [-0.15, -0.1) is 0 Å². The van der Waals surface area contributed by atoms with Crippen molar-refractivity contribution in [1.82, 2.24) is 9.55 Å². The Morgan fingerprint density at radius 2 is 1.93 bits per heavy atom. The number of hydrogen-bond donors (Lipinski definition) is 1. The summed E-state index contributed by atoms with van der Waals surface area (Å²) in [6, 6.07) is 7.46. The second-order valence-electron chi connectivity index (χ2n) is 5.96. The van der Waals surface area contributed by atoms with Gasteiger partial charge in [-0.3, -0.25) is 9.59 Å². The maximum Gasteiger partial charge on any atom is 0.350 e. The number of hydrogen-bond acceptors (Lipinski definition) is 8. The Kier molecular flexibility index (Phi) is 6.13. The van der Waals surface area contributed by atoms with Crippen LogP contribution in [0.15, 0.2) is 30.5 Å². The molecule has 29 heavy (non-hydrogen) atoms. The number of amides is 1. The molecular weight excluding hydrogens is 398 g/mol. The molecule has 0 aliphatic heterocycles. The van der Waals surface area contributed by atoms with Crippen LogP contribution < -0.4 is 10.1 Å². The number of rotatable bonds is 7. The van der Waals surface area contributed by atoms with Gasteiger partial charge in [0.2, 0.25) is 5.91 Å². The summed E-state index contributed by atoms with van der Waals surface area (Å²) in [7, 11) is 4.07. The molecule has 10 heteroatoms. The van der Waals surface area contributed by atoms with Crippen molar-refractivity contribution in [2.75, 3.05) is 26.6 Å². The van der Waals surface area contributed by atoms with Crippen molar-refractivity contribution in [3.05, 3.63) is 41.0 Å². The number of fused-ring (bicyclic) bond motifs is 1. The summed E-state index contributed by atoms with van der Waals surface area (Å²) in [5.74, 6) is -0.774. The second-order valence-corrected chi connectivity index (χ2v) is 6.95. The average molecular weight is 417 g/mol. The number of carbonyl (C=O) groups excluding carboxylic acids is 3. The maximum absolute atomic E-state index is 12.5. The number of esters is 2. The molecule has 0 radical (unpaired) electrons. The third kappa shape index (κ3) is 4.54. The first-order chi connectivity index (χ1) is 13.9. The van der Waals surface area contributed by atoms with E-state index < -0.39 is 11.9 Å². The molecule has 0 aliphatic rings. The van der Waals surface area contributed by atoms with E-state index in [1.807, 2.05) is 24.3 Å². The van der Waals surface area contributed by atoms with Gasteiger partial charge in [0.05, 0.1) is 33.4 Å². The number of aromatic nitrogens is 2. The Balaban J connectivity index is 1.76. The Hall–Kier alpha value is -3.40. The smallest absolute Gasteiger partial charge is 0.350 e. The minimum absolute atomic E-state index is 0.0509. The van der Waals surface area contributed by atoms with E-state index in [9.17, 15) is 14.4 Å². The molecule has 0 fully saturated rings. The third-order valence-electron chi connectivity index (χ3n) is 4.15. The van der Waals surface area contributed by atoms with E-state index in [1.54, 1.807) is 17.9 Å². The van der Waals surface area contributed by atoms with Gasteiger partial charge in [-0.2, -0.15) is 0 Å². The van der Waals surface area contributed by atoms with Gasteiger partial charge in [-0.05, 0) is 24.3 Å². The summed E-state index contributed by atoms with van der Waals surface area (Å²) in [5.41, 5.74) is 1.07. The number of nitrogens with zero attached hydrogens (tertiary/aromatic N) is 2. The molecule has 1 N–H and O–H groups in total. The van der Waals surface area contributed by atoms with E-state index in [0.29, 0.717) is 0 Å². The Morgan fingerprint density at radius 3 is 2.62 bits per heavy atom. The fourth-order valence-electron chi connectivity index (χ4n) is 2.74. The summed E-state index contributed by atoms with van der Waals surface area (Å²) in [6.45, 7) is 0.0509. The van der Waals surface area contributed by atoms with Gasteiger partial charge in [0.1, 0.15) is 17.2 Å². The minimum atomic E-state index is -0.632. The molecule has 3 aromatic rings. The highest BCUT2D eigenvalue weighted by molar-refractivity contribution is 7.17. The van der Waals surface area contributed by atoms with Crippen LogP contribution in [0.4, 0.5) is 5.13 Å². The molecule has 0 spiro atoms. The molecule has 2 aromatic heterocycles. The highest BCUT2D eigenvalue weighted by Crippen LogP contribution is 2.25. The van der Waals surface area contributed by atoms with E-state index in [-0.39, 0.29) is 34.6 Å². The molecule has 0 saturated heterocycles. The predicted molar refractivity (Wildman–Crippen MR) is 106 cm³/mol. The maximum atomic E-state index is 12.5. The zero-order valence-corrected chi connectivity index (χ0v) is 16.9. The Morgan fingerprint density at radius 1 is 1.14 bits per heavy atom. The predicted octanol–water partition coefficient (Wildman–Crippen LogP) is 2.25. The normalized spacial score (nSPS) is 10.6. The summed E-state index contributed by atoms with van der Waals surface area (Å²) in [4.78, 5) is 40.3. The van der Waals surface area contributed by atoms with Gasteiger partial charge in [0.25, 0.3) is 0 Å². The van der Waals surface area contributed by atoms with Gasteiger partial charge >= 0.3 is 11.9 Å². The molecule has 9 nitrogen and oxygen atoms in total. The lowest BCUT2D eigenvalue weighted by molar-refractivity contribution is -0.139. The van der Waals surface area contributed by atoms with Crippen LogP contribution in [-0.4, -0.2) is 48.7 Å². The first-order valence-corrected chi connectivity index (χ1v) is 9.34. The minimum Gasteiger partial charge on any atom is -0.497 e. The zero-order valence-electron chi connectivity index (χ0n) is 16.1. The van der Waals surface area contributed by atoms with E-state index in [4.69, 9.17) is 9.47 Å². The van der Waals surface area contributed by atoms with Gasteiger partial charge in [0, 0.05) is 17.1 Å². The van der Waals surface area contributed by atoms with Crippen LogP contribution in [0.1, 0.15) is 15.4 Å². The molecule has 0 unspecified atom stereocenters. The largest absolute Gasteiger partial charge is 0.497 e. The van der Waals surface area contributed by atoms with Crippen molar-refractivity contribution in [3.63, 3.8) is 0 Å². The van der Waals surface area contributed by atoms with Crippen LogP contribution in [0.5, 0.6) is 5.75 Å². The SMILES string of the molecule is COC(=O)Cc1nc(NC(=O)Cn2ccc3cc(OC)ccc32)sc1C(=O)OC. The molecule has 0 saturated carbocycles. The molecule has 0 bridgehead atoms. The summed E-state index contributed by atoms with van der Waals surface area (Å²) in [6.07, 6.45) is 1.60. The summed E-state index contributed by atoms with van der Waals surface area (Å²) in [5, 5.41) is 3.81. The second kappa shape index (κ2) is 8.74. The number of methoxy groups -OCH3 is 3. The molecule has 152 valence electrons. The van der Waals surface area contributed by atoms with Crippen molar-refractivity contribution in [1.29, 1.82) is 0 Å². The highest BCUT2D eigenvalue weighted by atomic mass is 32.1. The Labute approximate surface area is 170 Å². The molecular formula is C19H19N3O6S. The molecule has 3 rings (SSSR count).